The fourth-order valence-corrected chi connectivity index (χ4v) is 4.01. The van der Waals surface area contributed by atoms with Gasteiger partial charge in [0.1, 0.15) is 0 Å². The second-order valence-electron chi connectivity index (χ2n) is 6.32. The van der Waals surface area contributed by atoms with Crippen molar-refractivity contribution in [1.29, 1.82) is 0 Å². The van der Waals surface area contributed by atoms with E-state index in [1.165, 1.54) is 0 Å². The molecule has 2 fully saturated rings. The van der Waals surface area contributed by atoms with Gasteiger partial charge in [-0.25, -0.2) is 9.97 Å². The topological polar surface area (TPSA) is 70.6 Å². The highest BCUT2D eigenvalue weighted by molar-refractivity contribution is 5.85. The summed E-state index contributed by atoms with van der Waals surface area (Å²) in [6.45, 7) is 4.03. The molecule has 0 aliphatic carbocycles. The quantitative estimate of drug-likeness (QED) is 0.832. The highest BCUT2D eigenvalue weighted by Crippen LogP contribution is 2.43. The average Bonchev–Trinajstić information content (AvgIpc) is 2.99. The van der Waals surface area contributed by atoms with Crippen molar-refractivity contribution in [2.24, 2.45) is 5.41 Å². The second kappa shape index (κ2) is 6.80. The van der Waals surface area contributed by atoms with Crippen LogP contribution in [-0.2, 0) is 9.53 Å². The van der Waals surface area contributed by atoms with Gasteiger partial charge < -0.3 is 15.0 Å². The van der Waals surface area contributed by atoms with Crippen LogP contribution >= 0.6 is 0 Å². The number of nitrogens with zero attached hydrogens (tertiary/aromatic N) is 4. The van der Waals surface area contributed by atoms with Gasteiger partial charge in [0.25, 0.3) is 0 Å². The van der Waals surface area contributed by atoms with E-state index in [2.05, 4.69) is 25.1 Å². The van der Waals surface area contributed by atoms with Crippen LogP contribution in [-0.4, -0.2) is 73.8 Å². The lowest BCUT2D eigenvalue weighted by atomic mass is 9.74. The van der Waals surface area contributed by atoms with Crippen LogP contribution in [0.4, 0.5) is 5.95 Å². The zero-order chi connectivity index (χ0) is 16.3. The van der Waals surface area contributed by atoms with Crippen LogP contribution in [0.1, 0.15) is 12.8 Å². The standard InChI is InChI=1S/C16H25N5O2/c1-17-14(22)16-5-3-8-21(15-18-6-4-7-19-15)13(16)11-20(12-16)9-10-23-2/h4,6-7,13H,3,5,8-12H2,1-2H3,(H,17,22)/t13-,16-/m0/s1. The number of rotatable bonds is 5. The molecular formula is C16H25N5O2. The minimum atomic E-state index is -0.389. The van der Waals surface area contributed by atoms with Crippen LogP contribution in [0, 0.1) is 5.41 Å². The average molecular weight is 319 g/mol. The van der Waals surface area contributed by atoms with Crippen LogP contribution in [0.15, 0.2) is 18.5 Å². The zero-order valence-electron chi connectivity index (χ0n) is 13.9. The summed E-state index contributed by atoms with van der Waals surface area (Å²) in [5.74, 6) is 0.849. The number of methoxy groups -OCH3 is 1. The smallest absolute Gasteiger partial charge is 0.229 e. The van der Waals surface area contributed by atoms with Gasteiger partial charge in [0.2, 0.25) is 11.9 Å². The van der Waals surface area contributed by atoms with E-state index in [-0.39, 0.29) is 17.4 Å². The molecule has 2 atom stereocenters. The number of carbonyl (C=O) groups excluding carboxylic acids is 1. The van der Waals surface area contributed by atoms with Gasteiger partial charge in [-0.05, 0) is 18.9 Å². The number of aromatic nitrogens is 2. The Balaban J connectivity index is 1.89. The molecule has 0 aromatic carbocycles. The van der Waals surface area contributed by atoms with Gasteiger partial charge in [0.05, 0.1) is 18.1 Å². The fourth-order valence-electron chi connectivity index (χ4n) is 4.01. The van der Waals surface area contributed by atoms with Gasteiger partial charge in [-0.15, -0.1) is 0 Å². The van der Waals surface area contributed by atoms with Gasteiger partial charge in [-0.1, -0.05) is 0 Å². The number of likely N-dealkylation sites (tertiary alicyclic amines) is 1. The largest absolute Gasteiger partial charge is 0.383 e. The third-order valence-corrected chi connectivity index (χ3v) is 5.07. The first kappa shape index (κ1) is 16.1. The van der Waals surface area contributed by atoms with E-state index in [9.17, 15) is 4.79 Å². The first-order valence-corrected chi connectivity index (χ1v) is 8.18. The van der Waals surface area contributed by atoms with Crippen molar-refractivity contribution in [3.8, 4) is 0 Å². The summed E-state index contributed by atoms with van der Waals surface area (Å²) in [7, 11) is 3.44. The number of ether oxygens (including phenoxy) is 1. The molecule has 2 aliphatic rings. The lowest BCUT2D eigenvalue weighted by Gasteiger charge is -2.44. The van der Waals surface area contributed by atoms with E-state index in [1.807, 2.05) is 6.07 Å². The molecule has 1 N–H and O–H groups in total. The van der Waals surface area contributed by atoms with E-state index in [1.54, 1.807) is 26.6 Å². The maximum absolute atomic E-state index is 12.7. The number of amides is 1. The summed E-state index contributed by atoms with van der Waals surface area (Å²) >= 11 is 0. The first-order chi connectivity index (χ1) is 11.2. The minimum Gasteiger partial charge on any atom is -0.383 e. The Morgan fingerprint density at radius 1 is 1.48 bits per heavy atom. The number of fused-ring (bicyclic) bond motifs is 1. The Labute approximate surface area is 137 Å². The van der Waals surface area contributed by atoms with Crippen molar-refractivity contribution in [1.82, 2.24) is 20.2 Å². The van der Waals surface area contributed by atoms with Crippen molar-refractivity contribution in [2.45, 2.75) is 18.9 Å². The number of hydrogen-bond acceptors (Lipinski definition) is 6. The molecule has 0 unspecified atom stereocenters. The van der Waals surface area contributed by atoms with Crippen LogP contribution in [0.3, 0.4) is 0 Å². The van der Waals surface area contributed by atoms with Crippen LogP contribution in [0.25, 0.3) is 0 Å². The minimum absolute atomic E-state index is 0.107. The molecule has 0 spiro atoms. The molecular weight excluding hydrogens is 294 g/mol. The fraction of sp³-hybridized carbons (Fsp3) is 0.688. The number of anilines is 1. The second-order valence-corrected chi connectivity index (χ2v) is 6.32. The number of hydrogen-bond donors (Lipinski definition) is 1. The third-order valence-electron chi connectivity index (χ3n) is 5.07. The van der Waals surface area contributed by atoms with Crippen LogP contribution < -0.4 is 10.2 Å². The summed E-state index contributed by atoms with van der Waals surface area (Å²) < 4.78 is 5.21. The van der Waals surface area contributed by atoms with Gasteiger partial charge in [-0.3, -0.25) is 9.69 Å². The molecule has 7 nitrogen and oxygen atoms in total. The maximum atomic E-state index is 12.7. The highest BCUT2D eigenvalue weighted by Gasteiger charge is 2.55. The van der Waals surface area contributed by atoms with Crippen molar-refractivity contribution in [2.75, 3.05) is 51.8 Å². The molecule has 0 radical (unpaired) electrons. The molecule has 7 heteroatoms. The predicted octanol–water partition coefficient (Wildman–Crippen LogP) is 0.140. The number of carbonyl (C=O) groups is 1. The molecule has 1 aromatic rings. The summed E-state index contributed by atoms with van der Waals surface area (Å²) in [6, 6.07) is 1.93. The summed E-state index contributed by atoms with van der Waals surface area (Å²) in [4.78, 5) is 26.1. The van der Waals surface area contributed by atoms with Crippen LogP contribution in [0.5, 0.6) is 0 Å². The summed E-state index contributed by atoms with van der Waals surface area (Å²) in [5.41, 5.74) is -0.389. The Kier molecular flexibility index (Phi) is 4.77. The number of nitrogens with one attached hydrogen (secondary N) is 1. The molecule has 0 saturated carbocycles. The van der Waals surface area contributed by atoms with Gasteiger partial charge in [0, 0.05) is 52.7 Å². The Hall–Kier alpha value is -1.73. The van der Waals surface area contributed by atoms with Crippen molar-refractivity contribution in [3.63, 3.8) is 0 Å². The molecule has 2 saturated heterocycles. The van der Waals surface area contributed by atoms with E-state index in [0.29, 0.717) is 6.61 Å². The van der Waals surface area contributed by atoms with Crippen molar-refractivity contribution in [3.05, 3.63) is 18.5 Å². The zero-order valence-corrected chi connectivity index (χ0v) is 13.9. The lowest BCUT2D eigenvalue weighted by molar-refractivity contribution is -0.131. The van der Waals surface area contributed by atoms with E-state index < -0.39 is 0 Å². The summed E-state index contributed by atoms with van der Waals surface area (Å²) in [6.07, 6.45) is 5.40. The van der Waals surface area contributed by atoms with E-state index >= 15 is 0 Å². The monoisotopic (exact) mass is 319 g/mol. The molecule has 3 rings (SSSR count). The molecule has 1 aromatic heterocycles. The third kappa shape index (κ3) is 2.90. The number of piperidine rings is 1. The Morgan fingerprint density at radius 3 is 2.96 bits per heavy atom. The highest BCUT2D eigenvalue weighted by atomic mass is 16.5. The Bertz CT molecular complexity index is 541. The molecule has 1 amide bonds. The molecule has 2 aliphatic heterocycles. The van der Waals surface area contributed by atoms with E-state index in [4.69, 9.17) is 4.74 Å². The molecule has 126 valence electrons. The van der Waals surface area contributed by atoms with Crippen molar-refractivity contribution >= 4 is 11.9 Å². The van der Waals surface area contributed by atoms with Gasteiger partial charge >= 0.3 is 0 Å². The van der Waals surface area contributed by atoms with Crippen LogP contribution in [0.2, 0.25) is 0 Å². The van der Waals surface area contributed by atoms with Gasteiger partial charge in [0.15, 0.2) is 0 Å². The van der Waals surface area contributed by atoms with Gasteiger partial charge in [-0.2, -0.15) is 0 Å². The maximum Gasteiger partial charge on any atom is 0.229 e. The lowest BCUT2D eigenvalue weighted by Crippen LogP contribution is -2.58. The predicted molar refractivity (Wildman–Crippen MR) is 87.2 cm³/mol. The normalized spacial score (nSPS) is 27.7. The molecule has 23 heavy (non-hydrogen) atoms. The first-order valence-electron chi connectivity index (χ1n) is 8.18. The Morgan fingerprint density at radius 2 is 2.26 bits per heavy atom. The van der Waals surface area contributed by atoms with Crippen molar-refractivity contribution < 1.29 is 9.53 Å². The molecule has 3 heterocycles. The summed E-state index contributed by atoms with van der Waals surface area (Å²) in [5, 5.41) is 2.88. The SMILES string of the molecule is CNC(=O)[C@]12CCCN(c3ncccn3)[C@H]1CN(CCOC)C2. The van der Waals surface area contributed by atoms with E-state index in [0.717, 1.165) is 45.0 Å². The molecule has 0 bridgehead atoms.